The van der Waals surface area contributed by atoms with Gasteiger partial charge in [0.2, 0.25) is 0 Å². The van der Waals surface area contributed by atoms with Crippen molar-refractivity contribution in [3.8, 4) is 0 Å². The van der Waals surface area contributed by atoms with Gasteiger partial charge in [-0.1, -0.05) is 26.2 Å². The SMILES string of the molecule is CCC1CCCC2CNCC12. The molecule has 0 radical (unpaired) electrons. The third-order valence-electron chi connectivity index (χ3n) is 3.67. The van der Waals surface area contributed by atoms with Gasteiger partial charge in [-0.05, 0) is 37.3 Å². The summed E-state index contributed by atoms with van der Waals surface area (Å²) in [5.41, 5.74) is 0. The number of hydrogen-bond acceptors (Lipinski definition) is 1. The Balaban J connectivity index is 2.00. The molecule has 1 saturated heterocycles. The summed E-state index contributed by atoms with van der Waals surface area (Å²) in [4.78, 5) is 0. The van der Waals surface area contributed by atoms with Crippen molar-refractivity contribution in [2.75, 3.05) is 13.1 Å². The largest absolute Gasteiger partial charge is 0.316 e. The van der Waals surface area contributed by atoms with Gasteiger partial charge in [0, 0.05) is 0 Å². The third-order valence-corrected chi connectivity index (χ3v) is 3.67. The van der Waals surface area contributed by atoms with Crippen LogP contribution in [-0.4, -0.2) is 13.1 Å². The number of hydrogen-bond donors (Lipinski definition) is 1. The van der Waals surface area contributed by atoms with Gasteiger partial charge in [0.25, 0.3) is 0 Å². The lowest BCUT2D eigenvalue weighted by molar-refractivity contribution is 0.194. The Morgan fingerprint density at radius 1 is 1.27 bits per heavy atom. The second-order valence-corrected chi connectivity index (χ2v) is 4.18. The smallest absolute Gasteiger partial charge is 0.00146 e. The second kappa shape index (κ2) is 3.14. The van der Waals surface area contributed by atoms with Gasteiger partial charge in [-0.3, -0.25) is 0 Å². The van der Waals surface area contributed by atoms with E-state index in [1.54, 1.807) is 0 Å². The van der Waals surface area contributed by atoms with Crippen LogP contribution in [-0.2, 0) is 0 Å². The van der Waals surface area contributed by atoms with Gasteiger partial charge >= 0.3 is 0 Å². The summed E-state index contributed by atoms with van der Waals surface area (Å²) >= 11 is 0. The van der Waals surface area contributed by atoms with Crippen LogP contribution in [0, 0.1) is 17.8 Å². The number of rotatable bonds is 1. The molecule has 2 fully saturated rings. The summed E-state index contributed by atoms with van der Waals surface area (Å²) in [7, 11) is 0. The lowest BCUT2D eigenvalue weighted by atomic mass is 9.73. The Labute approximate surface area is 69.6 Å². The predicted molar refractivity (Wildman–Crippen MR) is 47.5 cm³/mol. The fourth-order valence-corrected chi connectivity index (χ4v) is 2.98. The van der Waals surface area contributed by atoms with E-state index >= 15 is 0 Å². The molecule has 11 heavy (non-hydrogen) atoms. The van der Waals surface area contributed by atoms with E-state index in [-0.39, 0.29) is 0 Å². The highest BCUT2D eigenvalue weighted by molar-refractivity contribution is 4.88. The summed E-state index contributed by atoms with van der Waals surface area (Å²) in [5.74, 6) is 3.12. The minimum absolute atomic E-state index is 1.04. The van der Waals surface area contributed by atoms with Gasteiger partial charge < -0.3 is 5.32 Å². The van der Waals surface area contributed by atoms with Crippen molar-refractivity contribution in [2.45, 2.75) is 32.6 Å². The molecule has 1 aliphatic carbocycles. The maximum atomic E-state index is 3.53. The van der Waals surface area contributed by atoms with Crippen LogP contribution in [0.4, 0.5) is 0 Å². The third kappa shape index (κ3) is 1.31. The molecule has 64 valence electrons. The number of fused-ring (bicyclic) bond motifs is 1. The average molecular weight is 153 g/mol. The Morgan fingerprint density at radius 3 is 3.00 bits per heavy atom. The Bertz CT molecular complexity index is 133. The lowest BCUT2D eigenvalue weighted by Gasteiger charge is -2.32. The molecule has 2 rings (SSSR count). The van der Waals surface area contributed by atoms with Crippen molar-refractivity contribution in [1.82, 2.24) is 5.32 Å². The van der Waals surface area contributed by atoms with Crippen LogP contribution in [0.1, 0.15) is 32.6 Å². The van der Waals surface area contributed by atoms with Crippen molar-refractivity contribution in [3.63, 3.8) is 0 Å². The monoisotopic (exact) mass is 153 g/mol. The van der Waals surface area contributed by atoms with E-state index in [2.05, 4.69) is 12.2 Å². The molecule has 1 N–H and O–H groups in total. The van der Waals surface area contributed by atoms with Gasteiger partial charge in [0.05, 0.1) is 0 Å². The summed E-state index contributed by atoms with van der Waals surface area (Å²) in [6.45, 7) is 4.97. The zero-order valence-corrected chi connectivity index (χ0v) is 7.47. The van der Waals surface area contributed by atoms with Gasteiger partial charge in [0.1, 0.15) is 0 Å². The Kier molecular flexibility index (Phi) is 2.17. The van der Waals surface area contributed by atoms with Crippen LogP contribution in [0.5, 0.6) is 0 Å². The van der Waals surface area contributed by atoms with E-state index in [1.165, 1.54) is 38.8 Å². The van der Waals surface area contributed by atoms with E-state index in [9.17, 15) is 0 Å². The zero-order chi connectivity index (χ0) is 7.68. The normalized spacial score (nSPS) is 43.9. The van der Waals surface area contributed by atoms with Crippen molar-refractivity contribution >= 4 is 0 Å². The Hall–Kier alpha value is -0.0400. The number of nitrogens with one attached hydrogen (secondary N) is 1. The van der Waals surface area contributed by atoms with Crippen molar-refractivity contribution < 1.29 is 0 Å². The van der Waals surface area contributed by atoms with Gasteiger partial charge in [-0.2, -0.15) is 0 Å². The maximum absolute atomic E-state index is 3.53. The summed E-state index contributed by atoms with van der Waals surface area (Å²) in [6, 6.07) is 0. The summed E-state index contributed by atoms with van der Waals surface area (Å²) in [5, 5.41) is 3.53. The fraction of sp³-hybridized carbons (Fsp3) is 1.00. The molecule has 1 heteroatoms. The van der Waals surface area contributed by atoms with Gasteiger partial charge in [-0.25, -0.2) is 0 Å². The first-order valence-electron chi connectivity index (χ1n) is 5.12. The summed E-state index contributed by atoms with van der Waals surface area (Å²) in [6.07, 6.45) is 5.89. The van der Waals surface area contributed by atoms with Crippen molar-refractivity contribution in [1.29, 1.82) is 0 Å². The maximum Gasteiger partial charge on any atom is -0.00146 e. The molecule has 3 atom stereocenters. The molecule has 0 bridgehead atoms. The molecular weight excluding hydrogens is 134 g/mol. The zero-order valence-electron chi connectivity index (χ0n) is 7.47. The molecule has 0 spiro atoms. The topological polar surface area (TPSA) is 12.0 Å². The highest BCUT2D eigenvalue weighted by Gasteiger charge is 2.35. The predicted octanol–water partition coefficient (Wildman–Crippen LogP) is 2.03. The van der Waals surface area contributed by atoms with Crippen LogP contribution >= 0.6 is 0 Å². The minimum Gasteiger partial charge on any atom is -0.316 e. The van der Waals surface area contributed by atoms with Crippen LogP contribution in [0.25, 0.3) is 0 Å². The first-order valence-corrected chi connectivity index (χ1v) is 5.12. The van der Waals surface area contributed by atoms with Crippen LogP contribution in [0.3, 0.4) is 0 Å². The van der Waals surface area contributed by atoms with Crippen LogP contribution in [0.2, 0.25) is 0 Å². The van der Waals surface area contributed by atoms with Gasteiger partial charge in [0.15, 0.2) is 0 Å². The molecule has 0 aromatic carbocycles. The first kappa shape index (κ1) is 7.60. The molecular formula is C10H19N. The van der Waals surface area contributed by atoms with Crippen LogP contribution in [0.15, 0.2) is 0 Å². The van der Waals surface area contributed by atoms with Crippen molar-refractivity contribution in [3.05, 3.63) is 0 Å². The molecule has 3 unspecified atom stereocenters. The molecule has 1 nitrogen and oxygen atoms in total. The molecule has 1 saturated carbocycles. The quantitative estimate of drug-likeness (QED) is 0.608. The van der Waals surface area contributed by atoms with Gasteiger partial charge in [-0.15, -0.1) is 0 Å². The molecule has 2 aliphatic rings. The second-order valence-electron chi connectivity index (χ2n) is 4.18. The van der Waals surface area contributed by atoms with E-state index in [0.717, 1.165) is 17.8 Å². The molecule has 0 aromatic heterocycles. The lowest BCUT2D eigenvalue weighted by Crippen LogP contribution is -2.26. The van der Waals surface area contributed by atoms with Crippen molar-refractivity contribution in [2.24, 2.45) is 17.8 Å². The molecule has 1 heterocycles. The standard InChI is InChI=1S/C10H19N/c1-2-8-4-3-5-9-6-11-7-10(8)9/h8-11H,2-7H2,1H3. The van der Waals surface area contributed by atoms with E-state index in [0.29, 0.717) is 0 Å². The van der Waals surface area contributed by atoms with Crippen LogP contribution < -0.4 is 5.32 Å². The van der Waals surface area contributed by atoms with E-state index in [4.69, 9.17) is 0 Å². The minimum atomic E-state index is 1.04. The molecule has 1 aliphatic heterocycles. The average Bonchev–Trinajstić information content (AvgIpc) is 2.50. The van der Waals surface area contributed by atoms with E-state index in [1.807, 2.05) is 0 Å². The fourth-order valence-electron chi connectivity index (χ4n) is 2.98. The first-order chi connectivity index (χ1) is 5.42. The summed E-state index contributed by atoms with van der Waals surface area (Å²) < 4.78 is 0. The highest BCUT2D eigenvalue weighted by Crippen LogP contribution is 2.38. The van der Waals surface area contributed by atoms with E-state index < -0.39 is 0 Å². The molecule has 0 amide bonds. The highest BCUT2D eigenvalue weighted by atomic mass is 14.9. The molecule has 0 aromatic rings. The Morgan fingerprint density at radius 2 is 2.18 bits per heavy atom.